The molecule has 1 N–H and O–H groups in total. The predicted molar refractivity (Wildman–Crippen MR) is 112 cm³/mol. The topological polar surface area (TPSA) is 90.3 Å². The highest BCUT2D eigenvalue weighted by atomic mass is 32.2. The van der Waals surface area contributed by atoms with E-state index >= 15 is 0 Å². The Morgan fingerprint density at radius 1 is 1.00 bits per heavy atom. The first-order valence-electron chi connectivity index (χ1n) is 8.95. The zero-order chi connectivity index (χ0) is 20.9. The normalized spacial score (nSPS) is 10.8. The summed E-state index contributed by atoms with van der Waals surface area (Å²) in [5, 5.41) is 11.6. The fourth-order valence-corrected chi connectivity index (χ4v) is 4.36. The maximum atomic E-state index is 13.1. The number of anilines is 2. The maximum Gasteiger partial charge on any atom is 0.264 e. The Hall–Kier alpha value is -3.63. The fraction of sp³-hybridized carbons (Fsp3) is 0.0909. The lowest BCUT2D eigenvalue weighted by Crippen LogP contribution is -2.30. The summed E-state index contributed by atoms with van der Waals surface area (Å²) in [5.74, 6) is -0.436. The number of nitrogens with one attached hydrogen (secondary N) is 1. The van der Waals surface area contributed by atoms with Crippen molar-refractivity contribution in [3.05, 3.63) is 90.0 Å². The van der Waals surface area contributed by atoms with Crippen LogP contribution in [0.4, 0.5) is 11.4 Å². The lowest BCUT2D eigenvalue weighted by atomic mass is 10.2. The van der Waals surface area contributed by atoms with Crippen molar-refractivity contribution in [3.8, 4) is 6.07 Å². The van der Waals surface area contributed by atoms with E-state index in [1.807, 2.05) is 12.1 Å². The van der Waals surface area contributed by atoms with Gasteiger partial charge in [0.25, 0.3) is 15.9 Å². The fourth-order valence-electron chi connectivity index (χ4n) is 2.84. The molecule has 0 aliphatic heterocycles. The molecule has 146 valence electrons. The Kier molecular flexibility index (Phi) is 5.96. The highest BCUT2D eigenvalue weighted by Crippen LogP contribution is 2.24. The Morgan fingerprint density at radius 3 is 2.31 bits per heavy atom. The molecule has 0 aromatic heterocycles. The van der Waals surface area contributed by atoms with E-state index in [-0.39, 0.29) is 17.0 Å². The number of hydrogen-bond acceptors (Lipinski definition) is 4. The molecule has 0 saturated carbocycles. The molecule has 29 heavy (non-hydrogen) atoms. The average molecular weight is 405 g/mol. The molecule has 0 aliphatic carbocycles. The van der Waals surface area contributed by atoms with Crippen LogP contribution in [0, 0.1) is 11.3 Å². The van der Waals surface area contributed by atoms with E-state index < -0.39 is 15.9 Å². The predicted octanol–water partition coefficient (Wildman–Crippen LogP) is 4.03. The summed E-state index contributed by atoms with van der Waals surface area (Å²) in [7, 11) is -3.82. The van der Waals surface area contributed by atoms with Crippen molar-refractivity contribution in [1.82, 2.24) is 0 Å². The molecule has 0 aliphatic rings. The molecule has 6 nitrogen and oxygen atoms in total. The third-order valence-electron chi connectivity index (χ3n) is 4.29. The second-order valence-corrected chi connectivity index (χ2v) is 8.04. The first kappa shape index (κ1) is 20.1. The second-order valence-electron chi connectivity index (χ2n) is 6.18. The summed E-state index contributed by atoms with van der Waals surface area (Å²) in [6, 6.07) is 23.2. The summed E-state index contributed by atoms with van der Waals surface area (Å²) in [6.07, 6.45) is 0. The molecule has 1 amide bonds. The van der Waals surface area contributed by atoms with Crippen molar-refractivity contribution in [1.29, 1.82) is 5.26 Å². The van der Waals surface area contributed by atoms with Gasteiger partial charge in [-0.3, -0.25) is 9.10 Å². The van der Waals surface area contributed by atoms with Crippen LogP contribution in [0.15, 0.2) is 83.8 Å². The van der Waals surface area contributed by atoms with E-state index in [9.17, 15) is 13.2 Å². The van der Waals surface area contributed by atoms with Gasteiger partial charge in [0, 0.05) is 17.8 Å². The number of rotatable bonds is 6. The number of sulfonamides is 1. The first-order valence-corrected chi connectivity index (χ1v) is 10.4. The van der Waals surface area contributed by atoms with E-state index in [0.717, 1.165) is 0 Å². The molecule has 3 aromatic carbocycles. The van der Waals surface area contributed by atoms with Gasteiger partial charge in [-0.05, 0) is 61.5 Å². The lowest BCUT2D eigenvalue weighted by molar-refractivity contribution is 0.102. The lowest BCUT2D eigenvalue weighted by Gasteiger charge is -2.23. The zero-order valence-corrected chi connectivity index (χ0v) is 16.6. The third-order valence-corrected chi connectivity index (χ3v) is 6.19. The van der Waals surface area contributed by atoms with E-state index in [2.05, 4.69) is 5.32 Å². The van der Waals surface area contributed by atoms with Crippen LogP contribution in [0.3, 0.4) is 0 Å². The molecule has 7 heteroatoms. The number of nitrogens with zero attached hydrogens (tertiary/aromatic N) is 2. The van der Waals surface area contributed by atoms with E-state index in [0.29, 0.717) is 16.9 Å². The van der Waals surface area contributed by atoms with Gasteiger partial charge in [-0.2, -0.15) is 5.26 Å². The summed E-state index contributed by atoms with van der Waals surface area (Å²) in [4.78, 5) is 12.6. The molecule has 0 bridgehead atoms. The van der Waals surface area contributed by atoms with E-state index in [1.54, 1.807) is 67.6 Å². The monoisotopic (exact) mass is 405 g/mol. The Labute approximate surface area is 170 Å². The quantitative estimate of drug-likeness (QED) is 0.670. The van der Waals surface area contributed by atoms with Crippen LogP contribution in [0.25, 0.3) is 0 Å². The summed E-state index contributed by atoms with van der Waals surface area (Å²) in [5.41, 5.74) is 1.78. The maximum absolute atomic E-state index is 13.1. The van der Waals surface area contributed by atoms with Gasteiger partial charge in [0.05, 0.1) is 22.2 Å². The van der Waals surface area contributed by atoms with Crippen molar-refractivity contribution in [2.75, 3.05) is 16.2 Å². The molecule has 3 rings (SSSR count). The minimum Gasteiger partial charge on any atom is -0.322 e. The molecule has 0 unspecified atom stereocenters. The number of para-hydroxylation sites is 1. The molecule has 0 heterocycles. The number of carbonyl (C=O) groups is 1. The molecule has 0 atom stereocenters. The standard InChI is InChI=1S/C22H19N3O3S/c1-2-25(20-8-4-3-5-9-20)29(27,28)21-10-6-7-18(15-21)22(26)24-19-13-11-17(16-23)12-14-19/h3-15H,2H2,1H3,(H,24,26). The van der Waals surface area contributed by atoms with Gasteiger partial charge in [-0.15, -0.1) is 0 Å². The van der Waals surface area contributed by atoms with Crippen LogP contribution >= 0.6 is 0 Å². The van der Waals surface area contributed by atoms with Gasteiger partial charge < -0.3 is 5.32 Å². The first-order chi connectivity index (χ1) is 14.0. The molecule has 0 saturated heterocycles. The molecule has 0 spiro atoms. The van der Waals surface area contributed by atoms with Gasteiger partial charge in [-0.25, -0.2) is 8.42 Å². The smallest absolute Gasteiger partial charge is 0.264 e. The number of hydrogen-bond donors (Lipinski definition) is 1. The Morgan fingerprint density at radius 2 is 1.69 bits per heavy atom. The van der Waals surface area contributed by atoms with Crippen molar-refractivity contribution < 1.29 is 13.2 Å². The minimum atomic E-state index is -3.82. The summed E-state index contributed by atoms with van der Waals surface area (Å²) >= 11 is 0. The molecule has 3 aromatic rings. The van der Waals surface area contributed by atoms with Gasteiger partial charge in [0.2, 0.25) is 0 Å². The van der Waals surface area contributed by atoms with Gasteiger partial charge in [-0.1, -0.05) is 24.3 Å². The van der Waals surface area contributed by atoms with E-state index in [4.69, 9.17) is 5.26 Å². The van der Waals surface area contributed by atoms with Gasteiger partial charge in [0.1, 0.15) is 0 Å². The number of benzene rings is 3. The number of carbonyl (C=O) groups excluding carboxylic acids is 1. The van der Waals surface area contributed by atoms with Crippen LogP contribution in [-0.4, -0.2) is 20.9 Å². The Bertz CT molecular complexity index is 1150. The Balaban J connectivity index is 1.87. The van der Waals surface area contributed by atoms with Crippen molar-refractivity contribution >= 4 is 27.3 Å². The van der Waals surface area contributed by atoms with Gasteiger partial charge in [0.15, 0.2) is 0 Å². The van der Waals surface area contributed by atoms with Gasteiger partial charge >= 0.3 is 0 Å². The van der Waals surface area contributed by atoms with Crippen molar-refractivity contribution in [3.63, 3.8) is 0 Å². The molecular weight excluding hydrogens is 386 g/mol. The summed E-state index contributed by atoms with van der Waals surface area (Å²) < 4.78 is 27.6. The molecular formula is C22H19N3O3S. The van der Waals surface area contributed by atoms with Crippen LogP contribution < -0.4 is 9.62 Å². The number of nitriles is 1. The second kappa shape index (κ2) is 8.59. The highest BCUT2D eigenvalue weighted by Gasteiger charge is 2.24. The average Bonchev–Trinajstić information content (AvgIpc) is 2.75. The van der Waals surface area contributed by atoms with Crippen molar-refractivity contribution in [2.45, 2.75) is 11.8 Å². The summed E-state index contributed by atoms with van der Waals surface area (Å²) in [6.45, 7) is 2.01. The third kappa shape index (κ3) is 4.45. The van der Waals surface area contributed by atoms with Crippen molar-refractivity contribution in [2.24, 2.45) is 0 Å². The van der Waals surface area contributed by atoms with Crippen LogP contribution in [0.1, 0.15) is 22.8 Å². The zero-order valence-electron chi connectivity index (χ0n) is 15.7. The van der Waals surface area contributed by atoms with Crippen LogP contribution in [0.5, 0.6) is 0 Å². The number of amides is 1. The molecule has 0 radical (unpaired) electrons. The van der Waals surface area contributed by atoms with E-state index in [1.165, 1.54) is 16.4 Å². The highest BCUT2D eigenvalue weighted by molar-refractivity contribution is 7.92. The SMILES string of the molecule is CCN(c1ccccc1)S(=O)(=O)c1cccc(C(=O)Nc2ccc(C#N)cc2)c1. The largest absolute Gasteiger partial charge is 0.322 e. The molecule has 0 fully saturated rings. The van der Waals surface area contributed by atoms with Crippen LogP contribution in [0.2, 0.25) is 0 Å². The minimum absolute atomic E-state index is 0.0377. The van der Waals surface area contributed by atoms with Crippen LogP contribution in [-0.2, 0) is 10.0 Å².